The molecule has 0 bridgehead atoms. The number of para-hydroxylation sites is 2. The number of fused-ring (bicyclic) bond motifs is 4. The first-order chi connectivity index (χ1) is 43.5. The van der Waals surface area contributed by atoms with Crippen LogP contribution in [-0.2, 0) is 29.7 Å². The maximum Gasteiger partial charge on any atom is 1.00 e. The van der Waals surface area contributed by atoms with Crippen molar-refractivity contribution in [3.63, 3.8) is 0 Å². The molecule has 3 N–H and O–H groups in total. The van der Waals surface area contributed by atoms with Gasteiger partial charge in [-0.3, -0.25) is 23.0 Å². The van der Waals surface area contributed by atoms with Gasteiger partial charge in [-0.1, -0.05) is 12.1 Å². The molecule has 2 amide bonds. The summed E-state index contributed by atoms with van der Waals surface area (Å²) in [4.78, 5) is 47.7. The molecule has 2 atom stereocenters. The molecule has 2 aliphatic rings. The summed E-state index contributed by atoms with van der Waals surface area (Å²) in [6.45, 7) is 2.57. The second-order valence-corrected chi connectivity index (χ2v) is 25.4. The number of hydrogen-bond acceptors (Lipinski definition) is 19. The predicted octanol–water partition coefficient (Wildman–Crippen LogP) is 3.99. The third-order valence-corrected chi connectivity index (χ3v) is 18.0. The van der Waals surface area contributed by atoms with Crippen molar-refractivity contribution in [2.24, 2.45) is 0 Å². The number of hydrogen-bond donors (Lipinski definition) is 3. The molecule has 0 saturated carbocycles. The van der Waals surface area contributed by atoms with E-state index in [0.717, 1.165) is 55.9 Å². The van der Waals surface area contributed by atoms with Gasteiger partial charge in [-0.2, -0.15) is 47.5 Å². The Balaban J connectivity index is 0.000000325. The number of nitrogens with zero attached hydrogens (tertiary/aromatic N) is 7. The van der Waals surface area contributed by atoms with Crippen molar-refractivity contribution >= 4 is 138 Å². The number of furan rings is 2. The number of carbonyl (C=O) groups is 3. The molecule has 95 heavy (non-hydrogen) atoms. The van der Waals surface area contributed by atoms with E-state index in [0.29, 0.717) is 115 Å². The van der Waals surface area contributed by atoms with E-state index in [1.807, 2.05) is 23.1 Å². The Morgan fingerprint density at radius 3 is 1.57 bits per heavy atom. The molecule has 12 rings (SSSR count). The van der Waals surface area contributed by atoms with Gasteiger partial charge in [0.25, 0.3) is 29.7 Å². The first-order valence-electron chi connectivity index (χ1n) is 28.0. The average Bonchev–Trinajstić information content (AvgIpc) is 1.57. The van der Waals surface area contributed by atoms with E-state index >= 15 is 0 Å². The summed E-state index contributed by atoms with van der Waals surface area (Å²) >= 11 is 5.52. The standard InChI is InChI=1S/C31H28FN5O5S.C23H26FN3O4S.C8H3ClN2O.CH2O3.2K.2H2S.H/c1-34-30(38)27-23-14-22(20-7-5-13-37(17-20)31-35-28-19(16-33)6-4-8-25(28)42-31)24(36(2)43(3,39)40)15-26(23)41-29(27)18-9-11-21(32)12-10-18;1-25-23(28)21-18-11-17(15-5-4-10-26-13-15)19(27(2)32(3,29)30)12-20(18)31-22(21)14-6-8-16(24)9-7-14;9-8-11-7-5(4-10)2-1-3-6(7)12-8;2-1-4-3;;;;;/h4,6,8-12,14-15,20H,5,7,13,17H2,1-3H3,(H,34,38);6-9,11-12,15,26H,4-5,10,13H2,1-3H3,(H,25,28);1-3H;1,3H;;;2*1H2;/q;;;;2*+1;;;-1/p-1/t20-;15-;;;;;;;/m11......./s1. The Bertz CT molecular complexity index is 4720. The molecule has 32 heteroatoms. The first kappa shape index (κ1) is 79.8. The molecule has 2 saturated heterocycles. The van der Waals surface area contributed by atoms with Gasteiger partial charge in [0, 0.05) is 87.8 Å². The Labute approximate surface area is 651 Å². The van der Waals surface area contributed by atoms with Crippen molar-refractivity contribution in [3.8, 4) is 34.8 Å². The molecule has 0 spiro atoms. The Morgan fingerprint density at radius 1 is 0.705 bits per heavy atom. The molecular formula is C63H63ClF2K2N10O13S4. The fourth-order valence-electron chi connectivity index (χ4n) is 10.9. The summed E-state index contributed by atoms with van der Waals surface area (Å²) in [5, 5.41) is 36.4. The minimum Gasteiger partial charge on any atom is -1.00 e. The van der Waals surface area contributed by atoms with Crippen molar-refractivity contribution < 1.29 is 172 Å². The number of sulfonamides is 2. The van der Waals surface area contributed by atoms with Crippen LogP contribution in [0.25, 0.3) is 66.8 Å². The van der Waals surface area contributed by atoms with E-state index in [-0.39, 0.29) is 172 Å². The van der Waals surface area contributed by atoms with Gasteiger partial charge in [0.1, 0.15) is 57.5 Å². The SMILES string of the molecule is CNC(=O)c1c(-c2ccc(F)cc2)oc2cc(N(C)S(C)(=O)=O)c([C@@H]3CCCN(c4nc5c(C#N)cccc5o4)C3)cc12.CNC(=O)c1c(-c2ccc(F)cc2)oc2cc(N(C)S(C)(=O)=O)c([C@@H]3CCCNC3)cc12.N#Cc1cccc2oc(Cl)nc12.O=CO[O-].S.S.[H-].[K+].[K+]. The molecule has 0 radical (unpaired) electrons. The van der Waals surface area contributed by atoms with E-state index < -0.39 is 37.6 Å². The zero-order valence-corrected chi connectivity index (χ0v) is 63.3. The maximum atomic E-state index is 13.7. The van der Waals surface area contributed by atoms with Crippen LogP contribution in [0.2, 0.25) is 5.35 Å². The van der Waals surface area contributed by atoms with Gasteiger partial charge in [-0.05, 0) is 146 Å². The largest absolute Gasteiger partial charge is 1.00 e. The summed E-state index contributed by atoms with van der Waals surface area (Å²) in [5.41, 5.74) is 7.85. The second-order valence-electron chi connectivity index (χ2n) is 21.1. The van der Waals surface area contributed by atoms with Gasteiger partial charge in [0.05, 0.1) is 46.1 Å². The fraction of sp³-hybridized carbons (Fsp3) is 0.254. The van der Waals surface area contributed by atoms with Crippen molar-refractivity contribution in [2.45, 2.75) is 37.5 Å². The third kappa shape index (κ3) is 18.3. The Hall–Kier alpha value is -5.93. The first-order valence-corrected chi connectivity index (χ1v) is 32.1. The number of aromatic nitrogens is 2. The monoisotopic (exact) mass is 1450 g/mol. The normalized spacial score (nSPS) is 14.2. The van der Waals surface area contributed by atoms with E-state index in [1.54, 1.807) is 60.7 Å². The van der Waals surface area contributed by atoms with Crippen molar-refractivity contribution in [2.75, 3.05) is 80.4 Å². The molecule has 2 aliphatic heterocycles. The predicted molar refractivity (Wildman–Crippen MR) is 357 cm³/mol. The molecule has 0 aliphatic carbocycles. The zero-order valence-electron chi connectivity index (χ0n) is 53.7. The fourth-order valence-corrected chi connectivity index (χ4v) is 12.1. The van der Waals surface area contributed by atoms with Crippen molar-refractivity contribution in [3.05, 3.63) is 160 Å². The van der Waals surface area contributed by atoms with Crippen LogP contribution in [0.4, 0.5) is 26.2 Å². The van der Waals surface area contributed by atoms with E-state index in [4.69, 9.17) is 44.6 Å². The molecule has 490 valence electrons. The van der Waals surface area contributed by atoms with Crippen LogP contribution in [0.1, 0.15) is 81.9 Å². The van der Waals surface area contributed by atoms with Gasteiger partial charge in [-0.15, -0.1) is 0 Å². The van der Waals surface area contributed by atoms with Crippen LogP contribution in [0.15, 0.2) is 127 Å². The number of rotatable bonds is 12. The number of piperidine rings is 2. The number of nitriles is 2. The third-order valence-electron chi connectivity index (χ3n) is 15.4. The topological polar surface area (TPSA) is 324 Å². The number of amides is 2. The summed E-state index contributed by atoms with van der Waals surface area (Å²) in [6, 6.07) is 33.2. The molecule has 23 nitrogen and oxygen atoms in total. The number of oxazole rings is 2. The summed E-state index contributed by atoms with van der Waals surface area (Å²) in [6.07, 6.45) is 5.67. The van der Waals surface area contributed by atoms with Crippen LogP contribution in [0.5, 0.6) is 0 Å². The van der Waals surface area contributed by atoms with Gasteiger partial charge < -0.3 is 50.1 Å². The Morgan fingerprint density at radius 2 is 1.15 bits per heavy atom. The number of anilines is 3. The van der Waals surface area contributed by atoms with Gasteiger partial charge in [0.2, 0.25) is 20.0 Å². The van der Waals surface area contributed by atoms with Gasteiger partial charge in [0.15, 0.2) is 11.2 Å². The number of nitrogens with one attached hydrogen (secondary N) is 3. The summed E-state index contributed by atoms with van der Waals surface area (Å²) < 4.78 is 103. The quantitative estimate of drug-likeness (QED) is 0.0674. The van der Waals surface area contributed by atoms with Gasteiger partial charge in [-0.25, -0.2) is 25.6 Å². The number of halogens is 3. The van der Waals surface area contributed by atoms with Crippen LogP contribution >= 0.6 is 38.6 Å². The van der Waals surface area contributed by atoms with E-state index in [1.165, 1.54) is 73.2 Å². The molecule has 2 fully saturated rings. The maximum absolute atomic E-state index is 13.7. The molecule has 10 aromatic rings. The summed E-state index contributed by atoms with van der Waals surface area (Å²) in [7, 11) is -1.14. The smallest absolute Gasteiger partial charge is 1.00 e. The van der Waals surface area contributed by atoms with Crippen molar-refractivity contribution in [1.29, 1.82) is 10.5 Å². The molecule has 0 unspecified atom stereocenters. The summed E-state index contributed by atoms with van der Waals surface area (Å²) in [5.74, 6) is -1.05. The van der Waals surface area contributed by atoms with E-state index in [2.05, 4.69) is 36.9 Å². The molecule has 6 aromatic carbocycles. The minimum atomic E-state index is -3.66. The van der Waals surface area contributed by atoms with E-state index in [9.17, 15) is 40.5 Å². The van der Waals surface area contributed by atoms with Gasteiger partial charge >= 0.3 is 103 Å². The second kappa shape index (κ2) is 35.0. The molecule has 4 aromatic heterocycles. The zero-order chi connectivity index (χ0) is 65.5. The number of carbonyl (C=O) groups excluding carboxylic acids is 3. The van der Waals surface area contributed by atoms with Crippen molar-refractivity contribution in [1.82, 2.24) is 25.9 Å². The van der Waals surface area contributed by atoms with Crippen LogP contribution in [0.3, 0.4) is 0 Å². The number of benzene rings is 6. The van der Waals surface area contributed by atoms with Crippen LogP contribution < -0.4 is 137 Å². The molecular weight excluding hydrogens is 1380 g/mol. The van der Waals surface area contributed by atoms with Crippen LogP contribution in [0, 0.1) is 34.3 Å². The van der Waals surface area contributed by atoms with Crippen LogP contribution in [-0.4, -0.2) is 112 Å². The Kier molecular flexibility index (Phi) is 29.4. The average molecular weight is 1450 g/mol. The molecule has 6 heterocycles. The minimum absolute atomic E-state index is 0.